The Morgan fingerprint density at radius 3 is 2.62 bits per heavy atom. The Kier molecular flexibility index (Phi) is 5.91. The monoisotopic (exact) mass is 220 g/mol. The zero-order valence-electron chi connectivity index (χ0n) is 10.6. The lowest BCUT2D eigenvalue weighted by Gasteiger charge is -2.14. The highest BCUT2D eigenvalue weighted by molar-refractivity contribution is 5.29. The molecule has 1 unspecified atom stereocenters. The van der Waals surface area contributed by atoms with Gasteiger partial charge < -0.3 is 5.73 Å². The van der Waals surface area contributed by atoms with Gasteiger partial charge in [-0.2, -0.15) is 0 Å². The summed E-state index contributed by atoms with van der Waals surface area (Å²) < 4.78 is 0. The molecule has 2 heteroatoms. The molecular weight excluding hydrogens is 196 g/mol. The van der Waals surface area contributed by atoms with Crippen molar-refractivity contribution in [2.75, 3.05) is 5.73 Å². The average molecular weight is 220 g/mol. The third kappa shape index (κ3) is 4.21. The van der Waals surface area contributed by atoms with Gasteiger partial charge in [0.2, 0.25) is 0 Å². The molecule has 0 amide bonds. The van der Waals surface area contributed by atoms with Gasteiger partial charge in [-0.05, 0) is 25.0 Å². The van der Waals surface area contributed by atoms with E-state index in [-0.39, 0.29) is 0 Å². The highest BCUT2D eigenvalue weighted by atomic mass is 14.8. The van der Waals surface area contributed by atoms with E-state index in [2.05, 4.69) is 24.9 Å². The Morgan fingerprint density at radius 1 is 1.19 bits per heavy atom. The van der Waals surface area contributed by atoms with Crippen LogP contribution in [0.3, 0.4) is 0 Å². The molecule has 0 aliphatic carbocycles. The Hall–Kier alpha value is -1.05. The summed E-state index contributed by atoms with van der Waals surface area (Å²) in [5.74, 6) is 1.23. The van der Waals surface area contributed by atoms with Gasteiger partial charge in [0.05, 0.1) is 0 Å². The van der Waals surface area contributed by atoms with Gasteiger partial charge in [0.1, 0.15) is 5.82 Å². The van der Waals surface area contributed by atoms with Crippen molar-refractivity contribution in [3.8, 4) is 0 Å². The van der Waals surface area contributed by atoms with Crippen LogP contribution in [-0.2, 0) is 0 Å². The quantitative estimate of drug-likeness (QED) is 0.702. The molecule has 1 aromatic rings. The fourth-order valence-corrected chi connectivity index (χ4v) is 2.07. The third-order valence-corrected chi connectivity index (χ3v) is 3.11. The van der Waals surface area contributed by atoms with Gasteiger partial charge in [-0.1, -0.05) is 45.6 Å². The highest BCUT2D eigenvalue weighted by Crippen LogP contribution is 2.24. The summed E-state index contributed by atoms with van der Waals surface area (Å²) in [5, 5.41) is 0. The molecule has 0 saturated carbocycles. The van der Waals surface area contributed by atoms with Crippen molar-refractivity contribution < 1.29 is 0 Å². The topological polar surface area (TPSA) is 38.9 Å². The summed E-state index contributed by atoms with van der Waals surface area (Å²) in [6.07, 6.45) is 7.70. The molecule has 1 aromatic heterocycles. The summed E-state index contributed by atoms with van der Waals surface area (Å²) in [7, 11) is 0. The molecule has 0 aliphatic heterocycles. The molecule has 1 atom stereocenters. The van der Waals surface area contributed by atoms with Crippen LogP contribution in [-0.4, -0.2) is 4.98 Å². The smallest absolute Gasteiger partial charge is 0.123 e. The number of hydrogen-bond donors (Lipinski definition) is 1. The van der Waals surface area contributed by atoms with Crippen LogP contribution in [0, 0.1) is 0 Å². The Morgan fingerprint density at radius 2 is 2.00 bits per heavy atom. The van der Waals surface area contributed by atoms with Crippen molar-refractivity contribution in [3.05, 3.63) is 23.9 Å². The zero-order chi connectivity index (χ0) is 11.8. The maximum absolute atomic E-state index is 5.72. The van der Waals surface area contributed by atoms with Crippen LogP contribution in [0.25, 0.3) is 0 Å². The van der Waals surface area contributed by atoms with E-state index in [1.807, 2.05) is 12.1 Å². The summed E-state index contributed by atoms with van der Waals surface area (Å²) in [6, 6.07) is 5.96. The molecule has 90 valence electrons. The van der Waals surface area contributed by atoms with E-state index in [0.717, 1.165) is 6.42 Å². The molecule has 0 fully saturated rings. The van der Waals surface area contributed by atoms with Gasteiger partial charge in [-0.25, -0.2) is 4.98 Å². The summed E-state index contributed by atoms with van der Waals surface area (Å²) in [6.45, 7) is 4.48. The number of nitrogens with two attached hydrogens (primary N) is 1. The first-order valence-corrected chi connectivity index (χ1v) is 6.50. The first-order valence-electron chi connectivity index (χ1n) is 6.50. The van der Waals surface area contributed by atoms with Gasteiger partial charge in [-0.15, -0.1) is 0 Å². The minimum absolute atomic E-state index is 0.584. The molecule has 0 saturated heterocycles. The molecule has 2 nitrogen and oxygen atoms in total. The summed E-state index contributed by atoms with van der Waals surface area (Å²) in [4.78, 5) is 4.42. The number of unbranched alkanes of at least 4 members (excludes halogenated alkanes) is 3. The molecule has 0 radical (unpaired) electrons. The minimum atomic E-state index is 0.584. The second kappa shape index (κ2) is 7.26. The fraction of sp³-hybridized carbons (Fsp3) is 0.643. The van der Waals surface area contributed by atoms with Crippen molar-refractivity contribution in [3.63, 3.8) is 0 Å². The molecule has 2 N–H and O–H groups in total. The van der Waals surface area contributed by atoms with Crippen molar-refractivity contribution >= 4 is 5.82 Å². The van der Waals surface area contributed by atoms with Gasteiger partial charge in [0, 0.05) is 11.6 Å². The number of aromatic nitrogens is 1. The lowest BCUT2D eigenvalue weighted by atomic mass is 9.94. The average Bonchev–Trinajstić information content (AvgIpc) is 2.29. The SMILES string of the molecule is CCCCCCC(CC)c1cccc(N)n1. The van der Waals surface area contributed by atoms with E-state index >= 15 is 0 Å². The number of nitrogen functional groups attached to an aromatic ring is 1. The minimum Gasteiger partial charge on any atom is -0.384 e. The highest BCUT2D eigenvalue weighted by Gasteiger charge is 2.10. The molecule has 0 spiro atoms. The lowest BCUT2D eigenvalue weighted by Crippen LogP contribution is -2.02. The fourth-order valence-electron chi connectivity index (χ4n) is 2.07. The van der Waals surface area contributed by atoms with Crippen LogP contribution in [0.4, 0.5) is 5.82 Å². The number of anilines is 1. The van der Waals surface area contributed by atoms with Gasteiger partial charge in [0.25, 0.3) is 0 Å². The van der Waals surface area contributed by atoms with Crippen LogP contribution >= 0.6 is 0 Å². The molecule has 16 heavy (non-hydrogen) atoms. The van der Waals surface area contributed by atoms with E-state index in [1.165, 1.54) is 37.8 Å². The summed E-state index contributed by atoms with van der Waals surface area (Å²) >= 11 is 0. The zero-order valence-corrected chi connectivity index (χ0v) is 10.6. The van der Waals surface area contributed by atoms with E-state index in [9.17, 15) is 0 Å². The Labute approximate surface area is 99.3 Å². The maximum atomic E-state index is 5.72. The first-order chi connectivity index (χ1) is 7.77. The largest absolute Gasteiger partial charge is 0.384 e. The standard InChI is InChI=1S/C14H24N2/c1-3-5-6-7-9-12(4-2)13-10-8-11-14(15)16-13/h8,10-12H,3-7,9H2,1-2H3,(H2,15,16). The van der Waals surface area contributed by atoms with E-state index in [4.69, 9.17) is 5.73 Å². The van der Waals surface area contributed by atoms with E-state index < -0.39 is 0 Å². The molecule has 0 aromatic carbocycles. The second-order valence-electron chi connectivity index (χ2n) is 4.44. The number of nitrogens with zero attached hydrogens (tertiary/aromatic N) is 1. The second-order valence-corrected chi connectivity index (χ2v) is 4.44. The van der Waals surface area contributed by atoms with Crippen LogP contribution in [0.5, 0.6) is 0 Å². The molecule has 1 rings (SSSR count). The van der Waals surface area contributed by atoms with Gasteiger partial charge in [0.15, 0.2) is 0 Å². The third-order valence-electron chi connectivity index (χ3n) is 3.11. The Balaban J connectivity index is 2.47. The number of rotatable bonds is 7. The molecule has 1 heterocycles. The summed E-state index contributed by atoms with van der Waals surface area (Å²) in [5.41, 5.74) is 6.88. The number of pyridine rings is 1. The van der Waals surface area contributed by atoms with Crippen molar-refractivity contribution in [2.45, 2.75) is 58.3 Å². The van der Waals surface area contributed by atoms with Crippen molar-refractivity contribution in [1.82, 2.24) is 4.98 Å². The van der Waals surface area contributed by atoms with Crippen LogP contribution in [0.15, 0.2) is 18.2 Å². The van der Waals surface area contributed by atoms with Gasteiger partial charge in [-0.3, -0.25) is 0 Å². The van der Waals surface area contributed by atoms with E-state index in [0.29, 0.717) is 11.7 Å². The predicted octanol–water partition coefficient (Wildman–Crippen LogP) is 4.13. The van der Waals surface area contributed by atoms with Crippen LogP contribution < -0.4 is 5.73 Å². The normalized spacial score (nSPS) is 12.6. The molecular formula is C14H24N2. The predicted molar refractivity (Wildman–Crippen MR) is 70.4 cm³/mol. The van der Waals surface area contributed by atoms with Crippen LogP contribution in [0.1, 0.15) is 64.0 Å². The molecule has 0 aliphatic rings. The van der Waals surface area contributed by atoms with Crippen molar-refractivity contribution in [2.24, 2.45) is 0 Å². The maximum Gasteiger partial charge on any atom is 0.123 e. The van der Waals surface area contributed by atoms with Gasteiger partial charge >= 0.3 is 0 Å². The Bertz CT molecular complexity index is 297. The first kappa shape index (κ1) is 13.0. The van der Waals surface area contributed by atoms with E-state index in [1.54, 1.807) is 0 Å². The lowest BCUT2D eigenvalue weighted by molar-refractivity contribution is 0.534. The van der Waals surface area contributed by atoms with Crippen molar-refractivity contribution in [1.29, 1.82) is 0 Å². The van der Waals surface area contributed by atoms with Crippen LogP contribution in [0.2, 0.25) is 0 Å². The molecule has 0 bridgehead atoms. The number of hydrogen-bond acceptors (Lipinski definition) is 2.